The molecule has 0 bridgehead atoms. The van der Waals surface area contributed by atoms with Crippen LogP contribution >= 0.6 is 0 Å². The quantitative estimate of drug-likeness (QED) is 0.337. The summed E-state index contributed by atoms with van der Waals surface area (Å²) in [6.45, 7) is 3.05. The van der Waals surface area contributed by atoms with Gasteiger partial charge in [0.15, 0.2) is 6.10 Å². The summed E-state index contributed by atoms with van der Waals surface area (Å²) in [4.78, 5) is 38.6. The Morgan fingerprint density at radius 3 is 2.21 bits per heavy atom. The van der Waals surface area contributed by atoms with Crippen LogP contribution in [-0.2, 0) is 26.6 Å². The zero-order valence-electron chi connectivity index (χ0n) is 21.9. The smallest absolute Gasteiger partial charge is 0.338 e. The van der Waals surface area contributed by atoms with Crippen LogP contribution in [0.2, 0.25) is 0 Å². The fourth-order valence-electron chi connectivity index (χ4n) is 3.94. The van der Waals surface area contributed by atoms with Gasteiger partial charge in [0.2, 0.25) is 0 Å². The Labute approximate surface area is 226 Å². The van der Waals surface area contributed by atoms with Crippen LogP contribution in [0.5, 0.6) is 0 Å². The lowest BCUT2D eigenvalue weighted by Gasteiger charge is -2.20. The highest BCUT2D eigenvalue weighted by Crippen LogP contribution is 2.23. The highest BCUT2D eigenvalue weighted by atomic mass is 32.2. The van der Waals surface area contributed by atoms with Gasteiger partial charge in [-0.2, -0.15) is 0 Å². The van der Waals surface area contributed by atoms with Crippen molar-refractivity contribution in [2.75, 3.05) is 16.7 Å². The molecule has 10 nitrogen and oxygen atoms in total. The lowest BCUT2D eigenvalue weighted by Crippen LogP contribution is -2.32. The minimum Gasteiger partial charge on any atom is -0.449 e. The van der Waals surface area contributed by atoms with E-state index in [4.69, 9.17) is 4.74 Å². The molecule has 0 fully saturated rings. The summed E-state index contributed by atoms with van der Waals surface area (Å²) in [5.74, 6) is -1.59. The molecule has 4 aromatic rings. The van der Waals surface area contributed by atoms with Gasteiger partial charge < -0.3 is 10.1 Å². The molecule has 0 aliphatic heterocycles. The summed E-state index contributed by atoms with van der Waals surface area (Å²) < 4.78 is 35.7. The van der Waals surface area contributed by atoms with Crippen molar-refractivity contribution in [3.05, 3.63) is 107 Å². The Hall–Kier alpha value is -4.64. The van der Waals surface area contributed by atoms with Crippen LogP contribution < -0.4 is 15.2 Å². The SMILES string of the molecule is Cc1c(NC(=O)C(C)OC(=O)c2cccc(S(=O)(=O)N(C)c3ccccc3)c2)c(=O)n(-c2ccccc2)n1C. The number of nitrogens with zero attached hydrogens (tertiary/aromatic N) is 3. The second kappa shape index (κ2) is 11.0. The van der Waals surface area contributed by atoms with Crippen LogP contribution in [0.3, 0.4) is 0 Å². The molecule has 1 unspecified atom stereocenters. The molecular formula is C28H28N4O6S. The van der Waals surface area contributed by atoms with E-state index in [0.717, 1.165) is 4.31 Å². The van der Waals surface area contributed by atoms with E-state index < -0.39 is 33.6 Å². The van der Waals surface area contributed by atoms with E-state index in [9.17, 15) is 22.8 Å². The summed E-state index contributed by atoms with van der Waals surface area (Å²) >= 11 is 0. The first-order valence-electron chi connectivity index (χ1n) is 12.0. The van der Waals surface area contributed by atoms with Gasteiger partial charge >= 0.3 is 5.97 Å². The number of nitrogens with one attached hydrogen (secondary N) is 1. The van der Waals surface area contributed by atoms with Crippen molar-refractivity contribution < 1.29 is 22.7 Å². The molecule has 0 spiro atoms. The van der Waals surface area contributed by atoms with E-state index >= 15 is 0 Å². The number of hydrogen-bond acceptors (Lipinski definition) is 6. The Balaban J connectivity index is 1.50. The van der Waals surface area contributed by atoms with Crippen LogP contribution in [-0.4, -0.2) is 42.8 Å². The molecule has 0 saturated heterocycles. The number of sulfonamides is 1. The lowest BCUT2D eigenvalue weighted by molar-refractivity contribution is -0.123. The molecule has 1 N–H and O–H groups in total. The number of benzene rings is 3. The number of aromatic nitrogens is 2. The van der Waals surface area contributed by atoms with Crippen molar-refractivity contribution in [2.45, 2.75) is 24.8 Å². The summed E-state index contributed by atoms with van der Waals surface area (Å²) in [6, 6.07) is 22.9. The lowest BCUT2D eigenvalue weighted by atomic mass is 10.2. The van der Waals surface area contributed by atoms with Crippen LogP contribution in [0.15, 0.2) is 94.6 Å². The molecule has 0 aliphatic rings. The van der Waals surface area contributed by atoms with Crippen molar-refractivity contribution in [2.24, 2.45) is 7.05 Å². The van der Waals surface area contributed by atoms with E-state index in [-0.39, 0.29) is 16.1 Å². The molecule has 1 aromatic heterocycles. The average Bonchev–Trinajstić information content (AvgIpc) is 3.16. The first-order valence-corrected chi connectivity index (χ1v) is 13.5. The molecule has 3 aromatic carbocycles. The Bertz CT molecular complexity index is 1680. The van der Waals surface area contributed by atoms with Crippen molar-refractivity contribution >= 4 is 33.3 Å². The number of para-hydroxylation sites is 2. The average molecular weight is 549 g/mol. The third kappa shape index (κ3) is 5.48. The van der Waals surface area contributed by atoms with E-state index in [2.05, 4.69) is 5.32 Å². The van der Waals surface area contributed by atoms with E-state index in [0.29, 0.717) is 17.1 Å². The van der Waals surface area contributed by atoms with Crippen molar-refractivity contribution in [1.82, 2.24) is 9.36 Å². The summed E-state index contributed by atoms with van der Waals surface area (Å²) in [5, 5.41) is 2.56. The minimum absolute atomic E-state index is 0.0421. The van der Waals surface area contributed by atoms with Crippen molar-refractivity contribution in [3.8, 4) is 5.69 Å². The highest BCUT2D eigenvalue weighted by Gasteiger charge is 2.26. The van der Waals surface area contributed by atoms with Gasteiger partial charge in [-0.1, -0.05) is 42.5 Å². The molecule has 11 heteroatoms. The number of carbonyl (C=O) groups excluding carboxylic acids is 2. The minimum atomic E-state index is -3.96. The molecular weight excluding hydrogens is 520 g/mol. The van der Waals surface area contributed by atoms with Gasteiger partial charge in [0.25, 0.3) is 21.5 Å². The number of amides is 1. The summed E-state index contributed by atoms with van der Waals surface area (Å²) in [6.07, 6.45) is -1.27. The van der Waals surface area contributed by atoms with Gasteiger partial charge in [-0.05, 0) is 56.3 Å². The standard InChI is InChI=1S/C28H28N4O6S/c1-19-25(27(34)32(30(19)3)23-15-9-6-10-16-23)29-26(33)20(2)38-28(35)21-12-11-17-24(18-21)39(36,37)31(4)22-13-7-5-8-14-22/h5-18,20H,1-4H3,(H,29,33). The van der Waals surface area contributed by atoms with Crippen LogP contribution in [0, 0.1) is 6.92 Å². The number of anilines is 2. The summed E-state index contributed by atoms with van der Waals surface area (Å²) in [7, 11) is -0.851. The van der Waals surface area contributed by atoms with Crippen LogP contribution in [0.1, 0.15) is 23.0 Å². The number of rotatable bonds is 8. The molecule has 0 aliphatic carbocycles. The van der Waals surface area contributed by atoms with E-state index in [1.165, 1.54) is 42.9 Å². The van der Waals surface area contributed by atoms with Gasteiger partial charge in [-0.3, -0.25) is 18.6 Å². The Morgan fingerprint density at radius 2 is 1.56 bits per heavy atom. The largest absolute Gasteiger partial charge is 0.449 e. The van der Waals surface area contributed by atoms with Gasteiger partial charge in [0.05, 0.1) is 27.5 Å². The van der Waals surface area contributed by atoms with E-state index in [1.807, 2.05) is 6.07 Å². The normalized spacial score (nSPS) is 12.0. The maximum atomic E-state index is 13.1. The summed E-state index contributed by atoms with van der Waals surface area (Å²) in [5.41, 5.74) is 1.18. The second-order valence-electron chi connectivity index (χ2n) is 8.81. The zero-order valence-corrected chi connectivity index (χ0v) is 22.7. The van der Waals surface area contributed by atoms with Crippen molar-refractivity contribution in [3.63, 3.8) is 0 Å². The van der Waals surface area contributed by atoms with Gasteiger partial charge in [-0.25, -0.2) is 17.9 Å². The molecule has 0 saturated carbocycles. The molecule has 202 valence electrons. The molecule has 1 atom stereocenters. The molecule has 1 heterocycles. The number of esters is 1. The van der Waals surface area contributed by atoms with Crippen LogP contribution in [0.25, 0.3) is 5.69 Å². The van der Waals surface area contributed by atoms with Gasteiger partial charge in [-0.15, -0.1) is 0 Å². The third-order valence-corrected chi connectivity index (χ3v) is 8.08. The Morgan fingerprint density at radius 1 is 0.949 bits per heavy atom. The van der Waals surface area contributed by atoms with Crippen LogP contribution in [0.4, 0.5) is 11.4 Å². The number of hydrogen-bond donors (Lipinski definition) is 1. The van der Waals surface area contributed by atoms with Crippen molar-refractivity contribution in [1.29, 1.82) is 0 Å². The first-order chi connectivity index (χ1) is 18.5. The second-order valence-corrected chi connectivity index (χ2v) is 10.8. The first kappa shape index (κ1) is 27.4. The number of ether oxygens (including phenoxy) is 1. The highest BCUT2D eigenvalue weighted by molar-refractivity contribution is 7.92. The van der Waals surface area contributed by atoms with Gasteiger partial charge in [0.1, 0.15) is 5.69 Å². The maximum absolute atomic E-state index is 13.1. The molecule has 39 heavy (non-hydrogen) atoms. The Kier molecular flexibility index (Phi) is 7.73. The topological polar surface area (TPSA) is 120 Å². The predicted octanol–water partition coefficient (Wildman–Crippen LogP) is 3.49. The molecule has 4 rings (SSSR count). The zero-order chi connectivity index (χ0) is 28.3. The monoisotopic (exact) mass is 548 g/mol. The maximum Gasteiger partial charge on any atom is 0.338 e. The van der Waals surface area contributed by atoms with E-state index in [1.54, 1.807) is 73.3 Å². The number of carbonyl (C=O) groups is 2. The fraction of sp³-hybridized carbons (Fsp3) is 0.179. The molecule has 0 radical (unpaired) electrons. The van der Waals surface area contributed by atoms with Gasteiger partial charge in [0, 0.05) is 14.1 Å². The molecule has 1 amide bonds. The fourth-order valence-corrected chi connectivity index (χ4v) is 5.18. The predicted molar refractivity (Wildman–Crippen MR) is 148 cm³/mol. The third-order valence-electron chi connectivity index (χ3n) is 6.30.